The summed E-state index contributed by atoms with van der Waals surface area (Å²) in [5.41, 5.74) is 1.67. The van der Waals surface area contributed by atoms with Crippen LogP contribution in [0.25, 0.3) is 0 Å². The van der Waals surface area contributed by atoms with E-state index < -0.39 is 5.97 Å². The Morgan fingerprint density at radius 1 is 1.45 bits per heavy atom. The molecule has 7 heteroatoms. The number of aryl methyl sites for hydroxylation is 1. The van der Waals surface area contributed by atoms with Crippen molar-refractivity contribution in [3.8, 4) is 0 Å². The third-order valence-electron chi connectivity index (χ3n) is 3.10. The van der Waals surface area contributed by atoms with Crippen molar-refractivity contribution in [3.05, 3.63) is 29.6 Å². The molecule has 0 radical (unpaired) electrons. The first kappa shape index (κ1) is 14.2. The molecule has 0 aliphatic rings. The number of carboxylic acid groups (broad SMARTS) is 1. The lowest BCUT2D eigenvalue weighted by Gasteiger charge is -2.11. The van der Waals surface area contributed by atoms with Crippen LogP contribution in [0.15, 0.2) is 12.5 Å². The van der Waals surface area contributed by atoms with E-state index in [1.165, 1.54) is 0 Å². The van der Waals surface area contributed by atoms with E-state index in [0.29, 0.717) is 12.2 Å². The summed E-state index contributed by atoms with van der Waals surface area (Å²) in [5, 5.41) is 16.9. The summed E-state index contributed by atoms with van der Waals surface area (Å²) < 4.78 is 3.70. The van der Waals surface area contributed by atoms with Crippen molar-refractivity contribution in [2.24, 2.45) is 0 Å². The van der Waals surface area contributed by atoms with Crippen LogP contribution in [0, 0.1) is 0 Å². The van der Waals surface area contributed by atoms with Crippen molar-refractivity contribution in [2.45, 2.75) is 46.2 Å². The molecule has 1 N–H and O–H groups in total. The van der Waals surface area contributed by atoms with Crippen LogP contribution in [0.2, 0.25) is 0 Å². The number of nitrogens with zero attached hydrogens (tertiary/aromatic N) is 5. The molecule has 0 amide bonds. The van der Waals surface area contributed by atoms with E-state index in [1.807, 2.05) is 18.4 Å². The molecule has 2 aromatic heterocycles. The third-order valence-corrected chi connectivity index (χ3v) is 3.10. The Labute approximate surface area is 117 Å². The van der Waals surface area contributed by atoms with Crippen LogP contribution >= 0.6 is 0 Å². The first-order valence-corrected chi connectivity index (χ1v) is 6.70. The van der Waals surface area contributed by atoms with Crippen LogP contribution in [0.4, 0.5) is 0 Å². The smallest absolute Gasteiger partial charge is 0.358 e. The predicted octanol–water partition coefficient (Wildman–Crippen LogP) is 1.75. The van der Waals surface area contributed by atoms with Crippen LogP contribution in [0.1, 0.15) is 55.0 Å². The van der Waals surface area contributed by atoms with Gasteiger partial charge in [0.15, 0.2) is 5.69 Å². The zero-order valence-electron chi connectivity index (χ0n) is 11.9. The van der Waals surface area contributed by atoms with Crippen molar-refractivity contribution in [3.63, 3.8) is 0 Å². The largest absolute Gasteiger partial charge is 0.476 e. The average molecular weight is 277 g/mol. The molecule has 2 aromatic rings. The molecule has 0 aliphatic carbocycles. The minimum Gasteiger partial charge on any atom is -0.476 e. The van der Waals surface area contributed by atoms with Crippen molar-refractivity contribution in [2.75, 3.05) is 0 Å². The lowest BCUT2D eigenvalue weighted by Crippen LogP contribution is -2.13. The number of aromatic nitrogens is 5. The first-order valence-electron chi connectivity index (χ1n) is 6.70. The Hall–Kier alpha value is -2.18. The van der Waals surface area contributed by atoms with Crippen molar-refractivity contribution < 1.29 is 9.90 Å². The minimum atomic E-state index is -1.04. The molecular weight excluding hydrogens is 258 g/mol. The van der Waals surface area contributed by atoms with Gasteiger partial charge in [0.05, 0.1) is 30.5 Å². The van der Waals surface area contributed by atoms with E-state index in [0.717, 1.165) is 18.7 Å². The molecule has 0 aromatic carbocycles. The van der Waals surface area contributed by atoms with E-state index in [2.05, 4.69) is 22.2 Å². The molecule has 0 aliphatic heterocycles. The SMILES string of the molecule is CCCn1cncc1Cn1nnc(C(=O)O)c1C(C)C. The minimum absolute atomic E-state index is 0.0292. The zero-order valence-corrected chi connectivity index (χ0v) is 11.9. The highest BCUT2D eigenvalue weighted by molar-refractivity contribution is 5.86. The highest BCUT2D eigenvalue weighted by Gasteiger charge is 2.22. The maximum absolute atomic E-state index is 11.2. The van der Waals surface area contributed by atoms with E-state index in [9.17, 15) is 4.79 Å². The van der Waals surface area contributed by atoms with Crippen LogP contribution in [0.3, 0.4) is 0 Å². The molecule has 0 spiro atoms. The van der Waals surface area contributed by atoms with Crippen LogP contribution in [-0.4, -0.2) is 35.6 Å². The van der Waals surface area contributed by atoms with Gasteiger partial charge >= 0.3 is 5.97 Å². The summed E-state index contributed by atoms with van der Waals surface area (Å²) in [6.45, 7) is 7.33. The summed E-state index contributed by atoms with van der Waals surface area (Å²) in [5.74, 6) is -0.999. The number of carbonyl (C=O) groups is 1. The fourth-order valence-electron chi connectivity index (χ4n) is 2.24. The van der Waals surface area contributed by atoms with Gasteiger partial charge in [0.2, 0.25) is 0 Å². The maximum atomic E-state index is 11.2. The van der Waals surface area contributed by atoms with Gasteiger partial charge in [-0.25, -0.2) is 14.5 Å². The second-order valence-corrected chi connectivity index (χ2v) is 5.02. The highest BCUT2D eigenvalue weighted by atomic mass is 16.4. The molecule has 0 saturated carbocycles. The quantitative estimate of drug-likeness (QED) is 0.869. The molecule has 7 nitrogen and oxygen atoms in total. The summed E-state index contributed by atoms with van der Waals surface area (Å²) in [7, 11) is 0. The number of rotatable bonds is 6. The molecule has 0 bridgehead atoms. The van der Waals surface area contributed by atoms with Gasteiger partial charge in [0.1, 0.15) is 0 Å². The standard InChI is InChI=1S/C13H19N5O2/c1-4-5-17-8-14-6-10(17)7-18-12(9(2)3)11(13(19)20)15-16-18/h6,8-9H,4-5,7H2,1-3H3,(H,19,20). The molecular formula is C13H19N5O2. The Kier molecular flexibility index (Phi) is 4.16. The maximum Gasteiger partial charge on any atom is 0.358 e. The topological polar surface area (TPSA) is 85.8 Å². The molecule has 108 valence electrons. The lowest BCUT2D eigenvalue weighted by atomic mass is 10.1. The van der Waals surface area contributed by atoms with Gasteiger partial charge < -0.3 is 9.67 Å². The lowest BCUT2D eigenvalue weighted by molar-refractivity contribution is 0.0688. The van der Waals surface area contributed by atoms with Gasteiger partial charge in [-0.2, -0.15) is 0 Å². The Balaban J connectivity index is 2.34. The summed E-state index contributed by atoms with van der Waals surface area (Å²) in [6.07, 6.45) is 4.57. The molecule has 0 saturated heterocycles. The fourth-order valence-corrected chi connectivity index (χ4v) is 2.24. The second kappa shape index (κ2) is 5.85. The molecule has 0 atom stereocenters. The van der Waals surface area contributed by atoms with E-state index in [-0.39, 0.29) is 11.6 Å². The fraction of sp³-hybridized carbons (Fsp3) is 0.538. The number of imidazole rings is 1. The Morgan fingerprint density at radius 3 is 2.80 bits per heavy atom. The molecule has 0 fully saturated rings. The van der Waals surface area contributed by atoms with Crippen LogP contribution in [-0.2, 0) is 13.1 Å². The Bertz CT molecular complexity index is 600. The van der Waals surface area contributed by atoms with Gasteiger partial charge in [-0.15, -0.1) is 5.10 Å². The van der Waals surface area contributed by atoms with Crippen LogP contribution < -0.4 is 0 Å². The number of aromatic carboxylic acids is 1. The zero-order chi connectivity index (χ0) is 14.7. The summed E-state index contributed by atoms with van der Waals surface area (Å²) in [6, 6.07) is 0. The van der Waals surface area contributed by atoms with E-state index in [4.69, 9.17) is 5.11 Å². The first-order chi connectivity index (χ1) is 9.54. The molecule has 2 rings (SSSR count). The summed E-state index contributed by atoms with van der Waals surface area (Å²) in [4.78, 5) is 15.3. The number of carboxylic acids is 1. The van der Waals surface area contributed by atoms with Crippen molar-refractivity contribution in [1.82, 2.24) is 24.5 Å². The second-order valence-electron chi connectivity index (χ2n) is 5.02. The van der Waals surface area contributed by atoms with Gasteiger partial charge in [0, 0.05) is 6.54 Å². The Morgan fingerprint density at radius 2 is 2.20 bits per heavy atom. The molecule has 0 unspecified atom stereocenters. The number of hydrogen-bond donors (Lipinski definition) is 1. The average Bonchev–Trinajstić information content (AvgIpc) is 2.97. The van der Waals surface area contributed by atoms with Crippen LogP contribution in [0.5, 0.6) is 0 Å². The van der Waals surface area contributed by atoms with Crippen molar-refractivity contribution in [1.29, 1.82) is 0 Å². The predicted molar refractivity (Wildman–Crippen MR) is 72.7 cm³/mol. The van der Waals surface area contributed by atoms with Gasteiger partial charge in [-0.3, -0.25) is 0 Å². The highest BCUT2D eigenvalue weighted by Crippen LogP contribution is 2.18. The molecule has 2 heterocycles. The van der Waals surface area contributed by atoms with Crippen molar-refractivity contribution >= 4 is 5.97 Å². The third kappa shape index (κ3) is 2.71. The molecule has 20 heavy (non-hydrogen) atoms. The van der Waals surface area contributed by atoms with Gasteiger partial charge in [0.25, 0.3) is 0 Å². The summed E-state index contributed by atoms with van der Waals surface area (Å²) >= 11 is 0. The van der Waals surface area contributed by atoms with E-state index in [1.54, 1.807) is 17.2 Å². The normalized spacial score (nSPS) is 11.2. The number of hydrogen-bond acceptors (Lipinski definition) is 4. The monoisotopic (exact) mass is 277 g/mol. The van der Waals surface area contributed by atoms with E-state index >= 15 is 0 Å². The van der Waals surface area contributed by atoms with Gasteiger partial charge in [-0.1, -0.05) is 26.0 Å². The van der Waals surface area contributed by atoms with Gasteiger partial charge in [-0.05, 0) is 12.3 Å².